The third kappa shape index (κ3) is 6.58. The van der Waals surface area contributed by atoms with Gasteiger partial charge >= 0.3 is 5.97 Å². The highest BCUT2D eigenvalue weighted by atomic mass is 32.1. The number of hydrogen-bond donors (Lipinski definition) is 4. The maximum atomic E-state index is 13.5. The summed E-state index contributed by atoms with van der Waals surface area (Å²) in [4.78, 5) is 35.4. The molecule has 4 aromatic heterocycles. The SMILES string of the molecule is CC1(O)CCN(C(=O)C(c2ccccc2)n2cnc3[nH]ncc3c2=S)CC1.O=C(O)C(c1ccccc1)n1cnc2[nH]ncc2c1=S. The third-order valence-electron chi connectivity index (χ3n) is 8.20. The summed E-state index contributed by atoms with van der Waals surface area (Å²) in [6, 6.07) is 17.0. The molecule has 1 aliphatic rings. The molecule has 2 aromatic carbocycles. The molecule has 0 spiro atoms. The van der Waals surface area contributed by atoms with E-state index in [1.54, 1.807) is 52.5 Å². The fraction of sp³-hybridized carbons (Fsp3) is 0.250. The number of benzene rings is 2. The van der Waals surface area contributed by atoms with E-state index in [1.807, 2.05) is 43.3 Å². The fourth-order valence-corrected chi connectivity index (χ4v) is 6.16. The van der Waals surface area contributed by atoms with Crippen LogP contribution in [-0.4, -0.2) is 85.2 Å². The number of aromatic amines is 2. The van der Waals surface area contributed by atoms with Gasteiger partial charge in [0.1, 0.15) is 15.3 Å². The Morgan fingerprint density at radius 1 is 0.787 bits per heavy atom. The first-order valence-electron chi connectivity index (χ1n) is 14.8. The molecular formula is C32H31N9O4S2. The lowest BCUT2D eigenvalue weighted by atomic mass is 9.93. The Morgan fingerprint density at radius 2 is 1.23 bits per heavy atom. The highest BCUT2D eigenvalue weighted by molar-refractivity contribution is 7.71. The molecule has 0 aliphatic carbocycles. The summed E-state index contributed by atoms with van der Waals surface area (Å²) < 4.78 is 4.10. The van der Waals surface area contributed by atoms with Crippen molar-refractivity contribution in [2.75, 3.05) is 13.1 Å². The van der Waals surface area contributed by atoms with Crippen molar-refractivity contribution >= 4 is 58.4 Å². The van der Waals surface area contributed by atoms with E-state index >= 15 is 0 Å². The number of carboxylic acids is 1. The summed E-state index contributed by atoms with van der Waals surface area (Å²) in [5, 5.41) is 34.4. The van der Waals surface area contributed by atoms with Crippen LogP contribution in [0.3, 0.4) is 0 Å². The number of likely N-dealkylation sites (tertiary alicyclic amines) is 1. The molecule has 0 radical (unpaired) electrons. The first-order chi connectivity index (χ1) is 22.6. The molecule has 1 saturated heterocycles. The van der Waals surface area contributed by atoms with Crippen LogP contribution >= 0.6 is 24.4 Å². The van der Waals surface area contributed by atoms with Crippen molar-refractivity contribution in [3.63, 3.8) is 0 Å². The summed E-state index contributed by atoms with van der Waals surface area (Å²) in [5.74, 6) is -1.03. The van der Waals surface area contributed by atoms with E-state index in [-0.39, 0.29) is 5.91 Å². The number of carboxylic acid groups (broad SMARTS) is 1. The molecular weight excluding hydrogens is 639 g/mol. The zero-order chi connectivity index (χ0) is 33.1. The average Bonchev–Trinajstić information content (AvgIpc) is 3.76. The molecule has 2 atom stereocenters. The van der Waals surface area contributed by atoms with Gasteiger partial charge in [-0.05, 0) is 30.9 Å². The molecule has 47 heavy (non-hydrogen) atoms. The highest BCUT2D eigenvalue weighted by Crippen LogP contribution is 2.28. The van der Waals surface area contributed by atoms with Crippen LogP contribution in [0.1, 0.15) is 43.0 Å². The minimum Gasteiger partial charge on any atom is -0.479 e. The minimum absolute atomic E-state index is 0.0440. The van der Waals surface area contributed by atoms with E-state index in [1.165, 1.54) is 10.9 Å². The fourth-order valence-electron chi connectivity index (χ4n) is 5.56. The molecule has 240 valence electrons. The first kappa shape index (κ1) is 31.8. The predicted octanol–water partition coefficient (Wildman–Crippen LogP) is 4.61. The van der Waals surface area contributed by atoms with Crippen LogP contribution in [0, 0.1) is 9.28 Å². The van der Waals surface area contributed by atoms with Gasteiger partial charge in [0.05, 0.1) is 41.4 Å². The molecule has 1 amide bonds. The number of nitrogens with zero attached hydrogens (tertiary/aromatic N) is 7. The number of aromatic nitrogens is 8. The lowest BCUT2D eigenvalue weighted by Crippen LogP contribution is -2.47. The molecule has 1 fully saturated rings. The number of H-pyrrole nitrogens is 2. The highest BCUT2D eigenvalue weighted by Gasteiger charge is 2.34. The van der Waals surface area contributed by atoms with Crippen LogP contribution in [0.25, 0.3) is 22.1 Å². The molecule has 13 nitrogen and oxygen atoms in total. The Balaban J connectivity index is 0.000000172. The van der Waals surface area contributed by atoms with Gasteiger partial charge in [0.15, 0.2) is 17.3 Å². The normalized spacial score (nSPS) is 15.5. The van der Waals surface area contributed by atoms with E-state index < -0.39 is 23.7 Å². The maximum absolute atomic E-state index is 13.5. The largest absolute Gasteiger partial charge is 0.479 e. The van der Waals surface area contributed by atoms with Crippen molar-refractivity contribution in [2.24, 2.45) is 0 Å². The maximum Gasteiger partial charge on any atom is 0.331 e. The van der Waals surface area contributed by atoms with Crippen LogP contribution in [0.2, 0.25) is 0 Å². The monoisotopic (exact) mass is 669 g/mol. The van der Waals surface area contributed by atoms with Crippen molar-refractivity contribution in [3.05, 3.63) is 106 Å². The average molecular weight is 670 g/mol. The first-order valence-corrected chi connectivity index (χ1v) is 15.6. The van der Waals surface area contributed by atoms with E-state index in [9.17, 15) is 19.8 Å². The van der Waals surface area contributed by atoms with Gasteiger partial charge in [-0.25, -0.2) is 14.8 Å². The molecule has 7 rings (SSSR count). The number of carbonyl (C=O) groups excluding carboxylic acids is 1. The van der Waals surface area contributed by atoms with E-state index in [0.29, 0.717) is 62.8 Å². The Bertz CT molecular complexity index is 2150. The molecule has 1 aliphatic heterocycles. The topological polar surface area (TPSA) is 171 Å². The quantitative estimate of drug-likeness (QED) is 0.184. The number of piperidine rings is 1. The van der Waals surface area contributed by atoms with Gasteiger partial charge in [0.25, 0.3) is 0 Å². The van der Waals surface area contributed by atoms with Crippen molar-refractivity contribution in [1.82, 2.24) is 44.4 Å². The number of rotatable bonds is 6. The number of amides is 1. The van der Waals surface area contributed by atoms with Gasteiger partial charge in [-0.2, -0.15) is 10.2 Å². The Hall–Kier alpha value is -5.12. The molecule has 0 bridgehead atoms. The second kappa shape index (κ2) is 13.3. The molecule has 4 N–H and O–H groups in total. The molecule has 2 unspecified atom stereocenters. The van der Waals surface area contributed by atoms with Gasteiger partial charge in [0.2, 0.25) is 5.91 Å². The summed E-state index contributed by atoms with van der Waals surface area (Å²) in [6.45, 7) is 2.85. The Morgan fingerprint density at radius 3 is 1.70 bits per heavy atom. The molecule has 15 heteroatoms. The minimum atomic E-state index is -0.989. The Kier molecular flexibility index (Phi) is 9.02. The number of hydrogen-bond acceptors (Lipinski definition) is 9. The summed E-state index contributed by atoms with van der Waals surface area (Å²) >= 11 is 11.0. The summed E-state index contributed by atoms with van der Waals surface area (Å²) in [7, 11) is 0. The van der Waals surface area contributed by atoms with Crippen LogP contribution in [0.15, 0.2) is 85.7 Å². The second-order valence-electron chi connectivity index (χ2n) is 11.5. The lowest BCUT2D eigenvalue weighted by molar-refractivity contribution is -0.140. The zero-order valence-electron chi connectivity index (χ0n) is 25.2. The van der Waals surface area contributed by atoms with Crippen molar-refractivity contribution in [3.8, 4) is 0 Å². The standard InChI is InChI=1S/C19H21N5O2S.C13H10N4O2S/c1-19(26)7-9-23(10-8-19)17(25)15(13-5-3-2-4-6-13)24-12-20-16-14(18(24)27)11-21-22-16;18-13(19)10(8-4-2-1-3-5-8)17-7-14-11-9(12(17)20)6-15-16-11/h2-6,11-12,15,26H,7-10H2,1H3,(H,21,22);1-7,10H,(H,15,16)(H,18,19). The number of aliphatic carboxylic acids is 1. The summed E-state index contributed by atoms with van der Waals surface area (Å²) in [5.41, 5.74) is 1.92. The van der Waals surface area contributed by atoms with E-state index in [2.05, 4.69) is 30.4 Å². The number of carbonyl (C=O) groups is 2. The zero-order valence-corrected chi connectivity index (χ0v) is 26.9. The lowest BCUT2D eigenvalue weighted by Gasteiger charge is -2.37. The van der Waals surface area contributed by atoms with E-state index in [4.69, 9.17) is 24.4 Å². The number of aliphatic hydroxyl groups is 1. The van der Waals surface area contributed by atoms with Crippen molar-refractivity contribution in [1.29, 1.82) is 0 Å². The second-order valence-corrected chi connectivity index (χ2v) is 12.2. The van der Waals surface area contributed by atoms with Crippen LogP contribution in [0.5, 0.6) is 0 Å². The van der Waals surface area contributed by atoms with Crippen LogP contribution in [0.4, 0.5) is 0 Å². The van der Waals surface area contributed by atoms with Crippen LogP contribution in [-0.2, 0) is 9.59 Å². The third-order valence-corrected chi connectivity index (χ3v) is 9.06. The smallest absolute Gasteiger partial charge is 0.331 e. The number of nitrogens with one attached hydrogen (secondary N) is 2. The van der Waals surface area contributed by atoms with Gasteiger partial charge in [0, 0.05) is 13.1 Å². The van der Waals surface area contributed by atoms with Gasteiger partial charge in [-0.3, -0.25) is 15.0 Å². The Labute approximate surface area is 278 Å². The summed E-state index contributed by atoms with van der Waals surface area (Å²) in [6.07, 6.45) is 7.32. The molecule has 0 saturated carbocycles. The van der Waals surface area contributed by atoms with Gasteiger partial charge in [-0.15, -0.1) is 0 Å². The number of fused-ring (bicyclic) bond motifs is 2. The van der Waals surface area contributed by atoms with Crippen molar-refractivity contribution < 1.29 is 19.8 Å². The van der Waals surface area contributed by atoms with Gasteiger partial charge in [-0.1, -0.05) is 85.1 Å². The van der Waals surface area contributed by atoms with E-state index in [0.717, 1.165) is 5.56 Å². The predicted molar refractivity (Wildman–Crippen MR) is 179 cm³/mol. The van der Waals surface area contributed by atoms with Crippen LogP contribution < -0.4 is 0 Å². The van der Waals surface area contributed by atoms with Crippen molar-refractivity contribution in [2.45, 2.75) is 37.5 Å². The molecule has 5 heterocycles. The van der Waals surface area contributed by atoms with Gasteiger partial charge < -0.3 is 24.2 Å². The molecule has 6 aromatic rings.